The van der Waals surface area contributed by atoms with Gasteiger partial charge in [-0.15, -0.1) is 11.6 Å². The van der Waals surface area contributed by atoms with Gasteiger partial charge in [0.2, 0.25) is 5.91 Å². The average Bonchev–Trinajstić information content (AvgIpc) is 2.59. The number of anilines is 1. The number of fused-ring (bicyclic) bond motifs is 1. The zero-order valence-electron chi connectivity index (χ0n) is 9.17. The van der Waals surface area contributed by atoms with Gasteiger partial charge in [0.25, 0.3) is 0 Å². The summed E-state index contributed by atoms with van der Waals surface area (Å²) < 4.78 is 0. The average molecular weight is 237 g/mol. The molecule has 0 fully saturated rings. The van der Waals surface area contributed by atoms with Crippen molar-refractivity contribution in [1.82, 2.24) is 4.98 Å². The van der Waals surface area contributed by atoms with E-state index < -0.39 is 5.38 Å². The van der Waals surface area contributed by atoms with E-state index in [0.717, 1.165) is 22.3 Å². The SMILES string of the molecule is Cc1cc2c(NC(=O)C(C)Cl)cccc2[nH]1. The molecule has 0 saturated carbocycles. The molecule has 1 unspecified atom stereocenters. The lowest BCUT2D eigenvalue weighted by atomic mass is 10.2. The van der Waals surface area contributed by atoms with Gasteiger partial charge in [0, 0.05) is 16.6 Å². The molecule has 0 aliphatic rings. The molecule has 3 nitrogen and oxygen atoms in total. The minimum atomic E-state index is -0.532. The molecule has 16 heavy (non-hydrogen) atoms. The van der Waals surface area contributed by atoms with Gasteiger partial charge in [-0.2, -0.15) is 0 Å². The summed E-state index contributed by atoms with van der Waals surface area (Å²) in [5, 5.41) is 3.28. The molecule has 1 aromatic carbocycles. The topological polar surface area (TPSA) is 44.9 Å². The normalized spacial score (nSPS) is 12.7. The third kappa shape index (κ3) is 2.04. The summed E-state index contributed by atoms with van der Waals surface area (Å²) >= 11 is 5.71. The van der Waals surface area contributed by atoms with E-state index in [0.29, 0.717) is 0 Å². The lowest BCUT2D eigenvalue weighted by Crippen LogP contribution is -2.20. The smallest absolute Gasteiger partial charge is 0.242 e. The van der Waals surface area contributed by atoms with Crippen molar-refractivity contribution < 1.29 is 4.79 Å². The molecule has 4 heteroatoms. The third-order valence-corrected chi connectivity index (χ3v) is 2.62. The number of aromatic amines is 1. The van der Waals surface area contributed by atoms with Crippen LogP contribution in [0.5, 0.6) is 0 Å². The zero-order valence-corrected chi connectivity index (χ0v) is 9.93. The van der Waals surface area contributed by atoms with E-state index in [1.807, 2.05) is 31.2 Å². The number of aryl methyl sites for hydroxylation is 1. The van der Waals surface area contributed by atoms with Crippen molar-refractivity contribution in [3.63, 3.8) is 0 Å². The maximum Gasteiger partial charge on any atom is 0.242 e. The lowest BCUT2D eigenvalue weighted by molar-refractivity contribution is -0.115. The van der Waals surface area contributed by atoms with Crippen LogP contribution in [0.4, 0.5) is 5.69 Å². The zero-order chi connectivity index (χ0) is 11.7. The Morgan fingerprint density at radius 2 is 2.25 bits per heavy atom. The minimum Gasteiger partial charge on any atom is -0.359 e. The third-order valence-electron chi connectivity index (χ3n) is 2.42. The Hall–Kier alpha value is -1.48. The number of aromatic nitrogens is 1. The second kappa shape index (κ2) is 4.18. The summed E-state index contributed by atoms with van der Waals surface area (Å²) in [4.78, 5) is 14.7. The predicted octanol–water partition coefficient (Wildman–Crippen LogP) is 3.04. The first-order valence-electron chi connectivity index (χ1n) is 5.11. The number of hydrogen-bond donors (Lipinski definition) is 2. The molecule has 0 radical (unpaired) electrons. The van der Waals surface area contributed by atoms with Gasteiger partial charge in [0.15, 0.2) is 0 Å². The maximum absolute atomic E-state index is 11.5. The van der Waals surface area contributed by atoms with Crippen LogP contribution < -0.4 is 5.32 Å². The summed E-state index contributed by atoms with van der Waals surface area (Å²) in [5.41, 5.74) is 2.87. The van der Waals surface area contributed by atoms with Crippen LogP contribution in [0.15, 0.2) is 24.3 Å². The molecule has 2 aromatic rings. The van der Waals surface area contributed by atoms with Crippen LogP contribution in [-0.2, 0) is 4.79 Å². The van der Waals surface area contributed by atoms with E-state index in [9.17, 15) is 4.79 Å². The van der Waals surface area contributed by atoms with Crippen LogP contribution in [0, 0.1) is 6.92 Å². The number of halogens is 1. The van der Waals surface area contributed by atoms with Crippen LogP contribution >= 0.6 is 11.6 Å². The number of alkyl halides is 1. The maximum atomic E-state index is 11.5. The van der Waals surface area contributed by atoms with Crippen molar-refractivity contribution in [3.8, 4) is 0 Å². The monoisotopic (exact) mass is 236 g/mol. The van der Waals surface area contributed by atoms with Crippen LogP contribution in [0.1, 0.15) is 12.6 Å². The minimum absolute atomic E-state index is 0.187. The quantitative estimate of drug-likeness (QED) is 0.774. The van der Waals surface area contributed by atoms with Crippen LogP contribution in [0.3, 0.4) is 0 Å². The van der Waals surface area contributed by atoms with Gasteiger partial charge < -0.3 is 10.3 Å². The van der Waals surface area contributed by atoms with Gasteiger partial charge in [0.05, 0.1) is 5.69 Å². The number of amides is 1. The first kappa shape index (κ1) is 11.0. The van der Waals surface area contributed by atoms with Crippen molar-refractivity contribution in [2.24, 2.45) is 0 Å². The van der Waals surface area contributed by atoms with Gasteiger partial charge >= 0.3 is 0 Å². The van der Waals surface area contributed by atoms with E-state index >= 15 is 0 Å². The highest BCUT2D eigenvalue weighted by Crippen LogP contribution is 2.24. The number of carbonyl (C=O) groups is 1. The fraction of sp³-hybridized carbons (Fsp3) is 0.250. The predicted molar refractivity (Wildman–Crippen MR) is 67.0 cm³/mol. The molecular weight excluding hydrogens is 224 g/mol. The lowest BCUT2D eigenvalue weighted by Gasteiger charge is -2.07. The Morgan fingerprint density at radius 3 is 2.94 bits per heavy atom. The molecule has 0 spiro atoms. The first-order chi connectivity index (χ1) is 7.58. The highest BCUT2D eigenvalue weighted by molar-refractivity contribution is 6.32. The fourth-order valence-electron chi connectivity index (χ4n) is 1.64. The molecule has 0 bridgehead atoms. The molecule has 1 atom stereocenters. The largest absolute Gasteiger partial charge is 0.359 e. The summed E-state index contributed by atoms with van der Waals surface area (Å²) in [6.45, 7) is 3.63. The van der Waals surface area contributed by atoms with E-state index in [1.54, 1.807) is 6.92 Å². The van der Waals surface area contributed by atoms with Crippen molar-refractivity contribution in [2.75, 3.05) is 5.32 Å². The van der Waals surface area contributed by atoms with Gasteiger partial charge in [-0.1, -0.05) is 6.07 Å². The molecule has 0 aliphatic carbocycles. The molecule has 2 N–H and O–H groups in total. The molecule has 0 aliphatic heterocycles. The molecule has 0 saturated heterocycles. The number of benzene rings is 1. The Kier molecular flexibility index (Phi) is 2.88. The van der Waals surface area contributed by atoms with Gasteiger partial charge in [0.1, 0.15) is 5.38 Å². The highest BCUT2D eigenvalue weighted by atomic mass is 35.5. The highest BCUT2D eigenvalue weighted by Gasteiger charge is 2.11. The summed E-state index contributed by atoms with van der Waals surface area (Å²) in [7, 11) is 0. The molecule has 1 aromatic heterocycles. The molecular formula is C12H13ClN2O. The molecule has 84 valence electrons. The van der Waals surface area contributed by atoms with E-state index in [4.69, 9.17) is 11.6 Å². The van der Waals surface area contributed by atoms with E-state index in [-0.39, 0.29) is 5.91 Å². The number of carbonyl (C=O) groups excluding carboxylic acids is 1. The van der Waals surface area contributed by atoms with Crippen molar-refractivity contribution in [3.05, 3.63) is 30.0 Å². The van der Waals surface area contributed by atoms with Crippen molar-refractivity contribution in [1.29, 1.82) is 0 Å². The van der Waals surface area contributed by atoms with E-state index in [2.05, 4.69) is 10.3 Å². The Labute approximate surface area is 98.8 Å². The van der Waals surface area contributed by atoms with Crippen LogP contribution in [0.25, 0.3) is 10.9 Å². The van der Waals surface area contributed by atoms with Gasteiger partial charge in [-0.3, -0.25) is 4.79 Å². The fourth-order valence-corrected chi connectivity index (χ4v) is 1.69. The number of nitrogens with one attached hydrogen (secondary N) is 2. The second-order valence-electron chi connectivity index (χ2n) is 3.82. The van der Waals surface area contributed by atoms with Crippen molar-refractivity contribution in [2.45, 2.75) is 19.2 Å². The number of H-pyrrole nitrogens is 1. The van der Waals surface area contributed by atoms with Crippen molar-refractivity contribution >= 4 is 34.1 Å². The van der Waals surface area contributed by atoms with Gasteiger partial charge in [-0.05, 0) is 32.0 Å². The van der Waals surface area contributed by atoms with E-state index in [1.165, 1.54) is 0 Å². The molecule has 1 heterocycles. The number of hydrogen-bond acceptors (Lipinski definition) is 1. The number of rotatable bonds is 2. The Morgan fingerprint density at radius 1 is 1.50 bits per heavy atom. The molecule has 1 amide bonds. The summed E-state index contributed by atoms with van der Waals surface area (Å²) in [6, 6.07) is 7.74. The molecule has 2 rings (SSSR count). The Balaban J connectivity index is 2.40. The summed E-state index contributed by atoms with van der Waals surface area (Å²) in [5.74, 6) is -0.187. The van der Waals surface area contributed by atoms with Gasteiger partial charge in [-0.25, -0.2) is 0 Å². The van der Waals surface area contributed by atoms with Crippen LogP contribution in [-0.4, -0.2) is 16.3 Å². The first-order valence-corrected chi connectivity index (χ1v) is 5.55. The summed E-state index contributed by atoms with van der Waals surface area (Å²) in [6.07, 6.45) is 0. The standard InChI is InChI=1S/C12H13ClN2O/c1-7-6-9-10(14-7)4-3-5-11(9)15-12(16)8(2)13/h3-6,8,14H,1-2H3,(H,15,16). The van der Waals surface area contributed by atoms with Crippen LogP contribution in [0.2, 0.25) is 0 Å². The Bertz CT molecular complexity index is 531. The second-order valence-corrected chi connectivity index (χ2v) is 4.48.